The molecule has 2 aliphatic heterocycles. The van der Waals surface area contributed by atoms with Crippen molar-refractivity contribution in [3.05, 3.63) is 59.4 Å². The van der Waals surface area contributed by atoms with Gasteiger partial charge in [-0.1, -0.05) is 13.0 Å². The quantitative estimate of drug-likeness (QED) is 0.558. The van der Waals surface area contributed by atoms with Crippen molar-refractivity contribution in [3.63, 3.8) is 0 Å². The highest BCUT2D eigenvalue weighted by Gasteiger charge is 2.30. The Labute approximate surface area is 204 Å². The number of hydrogen-bond donors (Lipinski definition) is 0. The average molecular weight is 481 g/mol. The van der Waals surface area contributed by atoms with Gasteiger partial charge in [0, 0.05) is 45.8 Å². The largest absolute Gasteiger partial charge is 0.370 e. The van der Waals surface area contributed by atoms with Crippen LogP contribution in [0.1, 0.15) is 25.1 Å². The van der Waals surface area contributed by atoms with Gasteiger partial charge < -0.3 is 14.5 Å². The predicted molar refractivity (Wildman–Crippen MR) is 131 cm³/mol. The number of anilines is 2. The Morgan fingerprint density at radius 3 is 2.51 bits per heavy atom. The predicted octanol–water partition coefficient (Wildman–Crippen LogP) is 3.46. The van der Waals surface area contributed by atoms with Crippen molar-refractivity contribution >= 4 is 16.9 Å². The fourth-order valence-electron chi connectivity index (χ4n) is 5.22. The summed E-state index contributed by atoms with van der Waals surface area (Å²) in [4.78, 5) is 6.59. The summed E-state index contributed by atoms with van der Waals surface area (Å²) < 4.78 is 36.8. The van der Waals surface area contributed by atoms with Crippen LogP contribution in [0.3, 0.4) is 0 Å². The van der Waals surface area contributed by atoms with Crippen molar-refractivity contribution in [2.24, 2.45) is 0 Å². The number of nitriles is 1. The zero-order valence-corrected chi connectivity index (χ0v) is 20.1. The van der Waals surface area contributed by atoms with E-state index in [1.807, 2.05) is 26.0 Å². The number of hydrogen-bond acceptors (Lipinski definition) is 6. The number of benzene rings is 1. The van der Waals surface area contributed by atoms with Crippen LogP contribution in [0, 0.1) is 23.0 Å². The third-order valence-corrected chi connectivity index (χ3v) is 6.97. The molecule has 0 aliphatic carbocycles. The number of ether oxygens (including phenoxy) is 1. The first-order valence-electron chi connectivity index (χ1n) is 12.2. The van der Waals surface area contributed by atoms with Crippen LogP contribution in [0.2, 0.25) is 0 Å². The normalized spacial score (nSPS) is 21.5. The molecule has 4 heterocycles. The molecule has 0 spiro atoms. The molecule has 0 bridgehead atoms. The summed E-state index contributed by atoms with van der Waals surface area (Å²) in [7, 11) is 0. The molecular weight excluding hydrogens is 450 g/mol. The molecule has 0 N–H and O–H groups in total. The summed E-state index contributed by atoms with van der Waals surface area (Å²) in [5.74, 6) is -0.596. The van der Waals surface area contributed by atoms with Crippen LogP contribution in [-0.2, 0) is 11.2 Å². The van der Waals surface area contributed by atoms with Crippen LogP contribution in [0.15, 0.2) is 36.5 Å². The van der Waals surface area contributed by atoms with Crippen LogP contribution >= 0.6 is 0 Å². The molecule has 0 saturated carbocycles. The minimum atomic E-state index is -0.442. The SMILES string of the molecule is CCc1ccc(N2CCN(C[C@H]3CN(c4ccc(C#N)n5ncc(F)c45)C[C@@H](C)O3)CC2)c(F)c1. The molecule has 184 valence electrons. The highest BCUT2D eigenvalue weighted by atomic mass is 19.1. The first-order valence-corrected chi connectivity index (χ1v) is 12.2. The Balaban J connectivity index is 1.25. The monoisotopic (exact) mass is 480 g/mol. The van der Waals surface area contributed by atoms with Gasteiger partial charge in [-0.25, -0.2) is 13.3 Å². The molecule has 3 aromatic rings. The van der Waals surface area contributed by atoms with Gasteiger partial charge in [-0.05, 0) is 43.2 Å². The summed E-state index contributed by atoms with van der Waals surface area (Å²) in [6, 6.07) is 11.1. The molecule has 2 aromatic heterocycles. The molecule has 0 unspecified atom stereocenters. The van der Waals surface area contributed by atoms with Gasteiger partial charge in [0.05, 0.1) is 29.8 Å². The Bertz CT molecular complexity index is 1250. The summed E-state index contributed by atoms with van der Waals surface area (Å²) in [6.07, 6.45) is 1.90. The lowest BCUT2D eigenvalue weighted by molar-refractivity contribution is -0.0327. The Kier molecular flexibility index (Phi) is 6.58. The number of fused-ring (bicyclic) bond motifs is 1. The van der Waals surface area contributed by atoms with Gasteiger partial charge in [0.15, 0.2) is 5.82 Å². The molecule has 2 aliphatic rings. The summed E-state index contributed by atoms with van der Waals surface area (Å²) in [6.45, 7) is 9.19. The molecular formula is C26H30F2N6O. The number of aryl methyl sites for hydroxylation is 1. The fourth-order valence-corrected chi connectivity index (χ4v) is 5.22. The summed E-state index contributed by atoms with van der Waals surface area (Å²) >= 11 is 0. The standard InChI is InChI=1S/C26H30F2N6O/c1-3-19-4-6-24(22(27)12-19)32-10-8-31(9-11-32)16-21-17-33(15-18(2)35-21)25-7-5-20(13-29)34-26(25)23(28)14-30-34/h4-7,12,14,18,21H,3,8-11,15-17H2,1-2H3/t18-,21+/m1/s1. The van der Waals surface area contributed by atoms with E-state index in [-0.39, 0.29) is 18.0 Å². The van der Waals surface area contributed by atoms with Crippen molar-refractivity contribution in [1.29, 1.82) is 5.26 Å². The number of morpholine rings is 1. The van der Waals surface area contributed by atoms with Crippen molar-refractivity contribution in [1.82, 2.24) is 14.5 Å². The van der Waals surface area contributed by atoms with Crippen LogP contribution in [0.5, 0.6) is 0 Å². The van der Waals surface area contributed by atoms with Gasteiger partial charge in [-0.15, -0.1) is 0 Å². The van der Waals surface area contributed by atoms with Crippen molar-refractivity contribution in [2.45, 2.75) is 32.5 Å². The van der Waals surface area contributed by atoms with Crippen molar-refractivity contribution in [3.8, 4) is 6.07 Å². The lowest BCUT2D eigenvalue weighted by Gasteiger charge is -2.42. The van der Waals surface area contributed by atoms with Crippen LogP contribution in [0.4, 0.5) is 20.2 Å². The molecule has 2 saturated heterocycles. The molecule has 0 amide bonds. The lowest BCUT2D eigenvalue weighted by Crippen LogP contribution is -2.54. The van der Waals surface area contributed by atoms with E-state index in [2.05, 4.69) is 25.9 Å². The van der Waals surface area contributed by atoms with Gasteiger partial charge in [-0.3, -0.25) is 4.90 Å². The van der Waals surface area contributed by atoms with Gasteiger partial charge in [0.25, 0.3) is 0 Å². The van der Waals surface area contributed by atoms with Crippen LogP contribution in [-0.4, -0.2) is 72.5 Å². The number of piperazine rings is 1. The zero-order chi connectivity index (χ0) is 24.5. The van der Waals surface area contributed by atoms with E-state index >= 15 is 0 Å². The van der Waals surface area contributed by atoms with Crippen molar-refractivity contribution < 1.29 is 13.5 Å². The molecule has 35 heavy (non-hydrogen) atoms. The molecule has 5 rings (SSSR count). The Morgan fingerprint density at radius 2 is 1.80 bits per heavy atom. The van der Waals surface area contributed by atoms with E-state index in [9.17, 15) is 14.0 Å². The molecule has 2 fully saturated rings. The summed E-state index contributed by atoms with van der Waals surface area (Å²) in [5.41, 5.74) is 3.01. The van der Waals surface area contributed by atoms with E-state index in [0.29, 0.717) is 30.0 Å². The van der Waals surface area contributed by atoms with Crippen molar-refractivity contribution in [2.75, 3.05) is 55.6 Å². The smallest absolute Gasteiger partial charge is 0.171 e. The second kappa shape index (κ2) is 9.80. The van der Waals surface area contributed by atoms with Gasteiger partial charge in [0.1, 0.15) is 23.1 Å². The van der Waals surface area contributed by atoms with Crippen LogP contribution < -0.4 is 9.80 Å². The maximum absolute atomic E-state index is 14.6. The number of pyridine rings is 1. The van der Waals surface area contributed by atoms with Gasteiger partial charge >= 0.3 is 0 Å². The Morgan fingerprint density at radius 1 is 1.03 bits per heavy atom. The molecule has 2 atom stereocenters. The van der Waals surface area contributed by atoms with Crippen LogP contribution in [0.25, 0.3) is 5.52 Å². The highest BCUT2D eigenvalue weighted by Crippen LogP contribution is 2.29. The average Bonchev–Trinajstić information content (AvgIpc) is 3.25. The fraction of sp³-hybridized carbons (Fsp3) is 0.462. The second-order valence-corrected chi connectivity index (χ2v) is 9.37. The van der Waals surface area contributed by atoms with Gasteiger partial charge in [0.2, 0.25) is 0 Å². The lowest BCUT2D eigenvalue weighted by atomic mass is 10.1. The number of halogens is 2. The maximum atomic E-state index is 14.6. The molecule has 1 aromatic carbocycles. The first kappa shape index (κ1) is 23.5. The van der Waals surface area contributed by atoms with E-state index in [1.165, 1.54) is 4.52 Å². The number of aromatic nitrogens is 2. The third-order valence-electron chi connectivity index (χ3n) is 6.97. The zero-order valence-electron chi connectivity index (χ0n) is 20.1. The number of nitrogens with zero attached hydrogens (tertiary/aromatic N) is 6. The van der Waals surface area contributed by atoms with E-state index in [0.717, 1.165) is 56.6 Å². The topological polar surface area (TPSA) is 60.0 Å². The minimum absolute atomic E-state index is 0.0251. The number of rotatable bonds is 5. The molecule has 7 nitrogen and oxygen atoms in total. The van der Waals surface area contributed by atoms with E-state index in [1.54, 1.807) is 18.2 Å². The third kappa shape index (κ3) is 4.68. The second-order valence-electron chi connectivity index (χ2n) is 9.37. The minimum Gasteiger partial charge on any atom is -0.370 e. The summed E-state index contributed by atoms with van der Waals surface area (Å²) in [5, 5.41) is 13.4. The highest BCUT2D eigenvalue weighted by molar-refractivity contribution is 5.74. The molecule has 9 heteroatoms. The first-order chi connectivity index (χ1) is 17.0. The Hall–Kier alpha value is -3.22. The van der Waals surface area contributed by atoms with E-state index < -0.39 is 5.82 Å². The molecule has 0 radical (unpaired) electrons. The maximum Gasteiger partial charge on any atom is 0.171 e. The van der Waals surface area contributed by atoms with Gasteiger partial charge in [-0.2, -0.15) is 10.4 Å². The van der Waals surface area contributed by atoms with E-state index in [4.69, 9.17) is 4.74 Å².